The number of esters is 1. The lowest BCUT2D eigenvalue weighted by Crippen LogP contribution is -2.28. The molecule has 39 heavy (non-hydrogen) atoms. The molecular formula is C31H31ClF2N2O3. The highest BCUT2D eigenvalue weighted by Gasteiger charge is 2.30. The number of benzene rings is 3. The van der Waals surface area contributed by atoms with E-state index in [0.29, 0.717) is 33.2 Å². The van der Waals surface area contributed by atoms with Crippen LogP contribution >= 0.6 is 11.6 Å². The lowest BCUT2D eigenvalue weighted by molar-refractivity contribution is 0.0525. The Bertz CT molecular complexity index is 1480. The van der Waals surface area contributed by atoms with Crippen molar-refractivity contribution in [3.8, 4) is 17.1 Å². The first-order valence-electron chi connectivity index (χ1n) is 13.4. The predicted octanol–water partition coefficient (Wildman–Crippen LogP) is 8.32. The largest absolute Gasteiger partial charge is 0.491 e. The molecule has 1 aliphatic carbocycles. The van der Waals surface area contributed by atoms with Crippen LogP contribution in [0.15, 0.2) is 54.6 Å². The Morgan fingerprint density at radius 2 is 1.77 bits per heavy atom. The predicted molar refractivity (Wildman–Crippen MR) is 148 cm³/mol. The Labute approximate surface area is 231 Å². The van der Waals surface area contributed by atoms with E-state index in [4.69, 9.17) is 26.1 Å². The van der Waals surface area contributed by atoms with Crippen molar-refractivity contribution in [2.75, 3.05) is 13.2 Å². The van der Waals surface area contributed by atoms with Crippen LogP contribution in [0.1, 0.15) is 61.0 Å². The molecule has 1 aromatic heterocycles. The van der Waals surface area contributed by atoms with Crippen LogP contribution < -0.4 is 4.74 Å². The van der Waals surface area contributed by atoms with Gasteiger partial charge in [0.25, 0.3) is 0 Å². The second-order valence-corrected chi connectivity index (χ2v) is 10.5. The van der Waals surface area contributed by atoms with Crippen molar-refractivity contribution in [3.63, 3.8) is 0 Å². The average Bonchev–Trinajstić information content (AvgIpc) is 3.29. The third-order valence-electron chi connectivity index (χ3n) is 7.47. The van der Waals surface area contributed by atoms with Crippen molar-refractivity contribution >= 4 is 28.6 Å². The molecule has 0 saturated heterocycles. The number of fused-ring (bicyclic) bond motifs is 1. The molecule has 1 atom stereocenters. The van der Waals surface area contributed by atoms with Crippen LogP contribution in [-0.4, -0.2) is 28.7 Å². The molecule has 5 nitrogen and oxygen atoms in total. The maximum atomic E-state index is 14.6. The van der Waals surface area contributed by atoms with Crippen molar-refractivity contribution in [1.29, 1.82) is 0 Å². The zero-order valence-corrected chi connectivity index (χ0v) is 22.8. The number of ether oxygens (including phenoxy) is 2. The fourth-order valence-electron chi connectivity index (χ4n) is 5.44. The van der Waals surface area contributed by atoms with Gasteiger partial charge in [0.2, 0.25) is 0 Å². The summed E-state index contributed by atoms with van der Waals surface area (Å²) in [5.41, 5.74) is 2.97. The van der Waals surface area contributed by atoms with Crippen LogP contribution in [0.2, 0.25) is 5.02 Å². The maximum absolute atomic E-state index is 14.6. The summed E-state index contributed by atoms with van der Waals surface area (Å²) in [7, 11) is 0. The Morgan fingerprint density at radius 3 is 2.49 bits per heavy atom. The first-order valence-corrected chi connectivity index (χ1v) is 13.8. The van der Waals surface area contributed by atoms with Crippen LogP contribution in [-0.2, 0) is 4.74 Å². The summed E-state index contributed by atoms with van der Waals surface area (Å²) in [6, 6.07) is 14.7. The minimum absolute atomic E-state index is 0.212. The van der Waals surface area contributed by atoms with Crippen LogP contribution in [0.4, 0.5) is 8.78 Å². The molecule has 204 valence electrons. The van der Waals surface area contributed by atoms with Gasteiger partial charge in [0.05, 0.1) is 29.2 Å². The summed E-state index contributed by atoms with van der Waals surface area (Å²) in [5.74, 6) is -0.851. The number of hydrogen-bond acceptors (Lipinski definition) is 4. The van der Waals surface area contributed by atoms with E-state index in [1.54, 1.807) is 31.2 Å². The summed E-state index contributed by atoms with van der Waals surface area (Å²) in [6.45, 7) is 4.23. The summed E-state index contributed by atoms with van der Waals surface area (Å²) < 4.78 is 42.4. The number of rotatable bonds is 8. The topological polar surface area (TPSA) is 53.4 Å². The highest BCUT2D eigenvalue weighted by Crippen LogP contribution is 2.39. The van der Waals surface area contributed by atoms with Crippen LogP contribution in [0.25, 0.3) is 22.4 Å². The molecule has 1 heterocycles. The molecule has 4 aromatic rings. The third kappa shape index (κ3) is 5.78. The lowest BCUT2D eigenvalue weighted by Gasteiger charge is -2.33. The second kappa shape index (κ2) is 11.7. The van der Waals surface area contributed by atoms with Gasteiger partial charge in [-0.3, -0.25) is 0 Å². The molecule has 0 N–H and O–H groups in total. The third-order valence-corrected chi connectivity index (χ3v) is 7.72. The Kier molecular flexibility index (Phi) is 8.17. The number of carbonyl (C=O) groups excluding carboxylic acids is 1. The van der Waals surface area contributed by atoms with Crippen molar-refractivity contribution in [1.82, 2.24) is 9.55 Å². The highest BCUT2D eigenvalue weighted by atomic mass is 35.5. The van der Waals surface area contributed by atoms with E-state index >= 15 is 0 Å². The van der Waals surface area contributed by atoms with Gasteiger partial charge in [0.15, 0.2) is 11.6 Å². The van der Waals surface area contributed by atoms with Gasteiger partial charge in [-0.15, -0.1) is 0 Å². The van der Waals surface area contributed by atoms with Crippen molar-refractivity contribution in [2.24, 2.45) is 5.92 Å². The normalized spacial score (nSPS) is 14.9. The molecule has 0 amide bonds. The maximum Gasteiger partial charge on any atom is 0.338 e. The SMILES string of the molecule is CCOC(=O)c1ccc(C)c(OCC(C2CCCCC2)n2c(-c3ccc(Cl)cc3)nc3cc(F)c(F)cc32)c1. The first-order chi connectivity index (χ1) is 18.9. The van der Waals surface area contributed by atoms with Crippen molar-refractivity contribution < 1.29 is 23.0 Å². The quantitative estimate of drug-likeness (QED) is 0.206. The smallest absolute Gasteiger partial charge is 0.338 e. The van der Waals surface area contributed by atoms with E-state index in [1.807, 2.05) is 29.7 Å². The molecule has 0 spiro atoms. The number of carbonyl (C=O) groups is 1. The van der Waals surface area contributed by atoms with Gasteiger partial charge in [-0.1, -0.05) is 36.9 Å². The van der Waals surface area contributed by atoms with Gasteiger partial charge < -0.3 is 14.0 Å². The molecule has 3 aromatic carbocycles. The molecular weight excluding hydrogens is 522 g/mol. The Morgan fingerprint density at radius 1 is 1.05 bits per heavy atom. The molecule has 1 aliphatic rings. The first kappa shape index (κ1) is 27.1. The van der Waals surface area contributed by atoms with Gasteiger partial charge in [0.1, 0.15) is 18.2 Å². The van der Waals surface area contributed by atoms with Gasteiger partial charge in [-0.2, -0.15) is 0 Å². The van der Waals surface area contributed by atoms with E-state index in [1.165, 1.54) is 12.5 Å². The molecule has 1 unspecified atom stereocenters. The van der Waals surface area contributed by atoms with Gasteiger partial charge in [-0.05, 0) is 74.6 Å². The van der Waals surface area contributed by atoms with E-state index < -0.39 is 17.6 Å². The minimum atomic E-state index is -0.938. The highest BCUT2D eigenvalue weighted by molar-refractivity contribution is 6.30. The summed E-state index contributed by atoms with van der Waals surface area (Å²) in [5, 5.41) is 0.586. The minimum Gasteiger partial charge on any atom is -0.491 e. The Balaban J connectivity index is 1.60. The van der Waals surface area contributed by atoms with E-state index in [-0.39, 0.29) is 25.2 Å². The van der Waals surface area contributed by atoms with Crippen LogP contribution in [0, 0.1) is 24.5 Å². The number of hydrogen-bond donors (Lipinski definition) is 0. The van der Waals surface area contributed by atoms with Crippen molar-refractivity contribution in [3.05, 3.63) is 82.4 Å². The second-order valence-electron chi connectivity index (χ2n) is 10.0. The monoisotopic (exact) mass is 552 g/mol. The summed E-state index contributed by atoms with van der Waals surface area (Å²) >= 11 is 6.15. The number of imidazole rings is 1. The summed E-state index contributed by atoms with van der Waals surface area (Å²) in [4.78, 5) is 17.1. The molecule has 0 aliphatic heterocycles. The molecule has 5 rings (SSSR count). The van der Waals surface area contributed by atoms with E-state index in [9.17, 15) is 13.6 Å². The standard InChI is InChI=1S/C31H31ClF2N2O3/c1-3-38-31(37)22-10-9-19(2)29(15-22)39-18-28(20-7-5-4-6-8-20)36-27-17-25(34)24(33)16-26(27)35-30(36)21-11-13-23(32)14-12-21/h9-17,20,28H,3-8,18H2,1-2H3. The Hall–Kier alpha value is -3.45. The van der Waals surface area contributed by atoms with Crippen LogP contribution in [0.3, 0.4) is 0 Å². The summed E-state index contributed by atoms with van der Waals surface area (Å²) in [6.07, 6.45) is 5.31. The zero-order valence-electron chi connectivity index (χ0n) is 22.1. The number of nitrogens with zero attached hydrogens (tertiary/aromatic N) is 2. The molecule has 1 saturated carbocycles. The van der Waals surface area contributed by atoms with Gasteiger partial charge >= 0.3 is 5.97 Å². The van der Waals surface area contributed by atoms with E-state index in [0.717, 1.165) is 42.9 Å². The van der Waals surface area contributed by atoms with Gasteiger partial charge in [-0.25, -0.2) is 18.6 Å². The molecule has 0 radical (unpaired) electrons. The number of aromatic nitrogens is 2. The molecule has 0 bridgehead atoms. The molecule has 8 heteroatoms. The zero-order chi connectivity index (χ0) is 27.5. The fourth-order valence-corrected chi connectivity index (χ4v) is 5.57. The average molecular weight is 553 g/mol. The van der Waals surface area contributed by atoms with Crippen molar-refractivity contribution in [2.45, 2.75) is 52.0 Å². The lowest BCUT2D eigenvalue weighted by atomic mass is 9.83. The van der Waals surface area contributed by atoms with Gasteiger partial charge in [0, 0.05) is 22.7 Å². The van der Waals surface area contributed by atoms with Crippen LogP contribution in [0.5, 0.6) is 5.75 Å². The number of halogens is 3. The molecule has 1 fully saturated rings. The number of aryl methyl sites for hydroxylation is 1. The fraction of sp³-hybridized carbons (Fsp3) is 0.355. The van der Waals surface area contributed by atoms with E-state index in [2.05, 4.69) is 0 Å².